The van der Waals surface area contributed by atoms with Crippen molar-refractivity contribution >= 4 is 28.8 Å². The predicted octanol–water partition coefficient (Wildman–Crippen LogP) is 5.38. The fraction of sp³-hybridized carbons (Fsp3) is 0.409. The Hall–Kier alpha value is -3.36. The summed E-state index contributed by atoms with van der Waals surface area (Å²) in [4.78, 5) is 24.7. The normalized spacial score (nSPS) is 12.8. The number of furan rings is 1. The predicted molar refractivity (Wildman–Crippen MR) is 115 cm³/mol. The number of aryl methyl sites for hydroxylation is 1. The lowest BCUT2D eigenvalue weighted by atomic mass is 9.98. The van der Waals surface area contributed by atoms with Gasteiger partial charge in [-0.1, -0.05) is 13.8 Å². The third kappa shape index (κ3) is 5.22. The largest absolute Gasteiger partial charge is 0.459 e. The highest BCUT2D eigenvalue weighted by Gasteiger charge is 2.26. The van der Waals surface area contributed by atoms with E-state index >= 15 is 0 Å². The molecule has 2 heterocycles. The average molecular weight is 430 g/mol. The minimum absolute atomic E-state index is 0.000606. The summed E-state index contributed by atoms with van der Waals surface area (Å²) in [5.41, 5.74) is 0.993. The maximum atomic E-state index is 13.6. The first kappa shape index (κ1) is 22.3. The number of urea groups is 1. The number of benzene rings is 1. The summed E-state index contributed by atoms with van der Waals surface area (Å²) in [7, 11) is 0. The zero-order valence-corrected chi connectivity index (χ0v) is 18.4. The van der Waals surface area contributed by atoms with Gasteiger partial charge in [0.1, 0.15) is 22.8 Å². The molecule has 0 aliphatic carbocycles. The van der Waals surface area contributed by atoms with E-state index in [0.717, 1.165) is 10.2 Å². The number of nitrogens with zero attached hydrogens (tertiary/aromatic N) is 2. The molecule has 166 valence electrons. The Morgan fingerprint density at radius 2 is 1.97 bits per heavy atom. The Morgan fingerprint density at radius 1 is 1.26 bits per heavy atom. The Bertz CT molecular complexity index is 1110. The minimum Gasteiger partial charge on any atom is -0.459 e. The topological polar surface area (TPSA) is 98.4 Å². The van der Waals surface area contributed by atoms with Gasteiger partial charge in [0.2, 0.25) is 0 Å². The molecule has 1 atom stereocenters. The number of fused-ring (bicyclic) bond motifs is 1. The number of rotatable bonds is 4. The number of hydrogen-bond acceptors (Lipinski definition) is 5. The highest BCUT2D eigenvalue weighted by molar-refractivity contribution is 5.90. The molecular formula is C22H27FN4O4. The standard InChI is InChI=1S/C22H27FN4O4/c1-12(2)18(19-13(3)16-9-14(23)7-8-17(16)30-19)26-20(28)25-15-10-24-27(11-15)21(29)31-22(4,5)6/h7-12,18H,1-6H3,(H2,25,26,28). The fourth-order valence-electron chi connectivity index (χ4n) is 3.15. The second-order valence-corrected chi connectivity index (χ2v) is 8.71. The molecule has 1 aromatic carbocycles. The van der Waals surface area contributed by atoms with E-state index < -0.39 is 23.8 Å². The summed E-state index contributed by atoms with van der Waals surface area (Å²) in [6.07, 6.45) is 2.07. The lowest BCUT2D eigenvalue weighted by Gasteiger charge is -2.21. The Kier molecular flexibility index (Phi) is 6.06. The van der Waals surface area contributed by atoms with Gasteiger partial charge in [0, 0.05) is 10.9 Å². The fourth-order valence-corrected chi connectivity index (χ4v) is 3.15. The molecule has 3 aromatic rings. The average Bonchev–Trinajstić information content (AvgIpc) is 3.23. The summed E-state index contributed by atoms with van der Waals surface area (Å²) in [6, 6.07) is 3.39. The molecule has 0 aliphatic heterocycles. The number of hydrogen-bond donors (Lipinski definition) is 2. The lowest BCUT2D eigenvalue weighted by molar-refractivity contribution is 0.0514. The molecule has 3 rings (SSSR count). The van der Waals surface area contributed by atoms with Crippen molar-refractivity contribution in [1.82, 2.24) is 15.1 Å². The summed E-state index contributed by atoms with van der Waals surface area (Å²) in [6.45, 7) is 11.0. The molecule has 2 N–H and O–H groups in total. The zero-order chi connectivity index (χ0) is 22.9. The van der Waals surface area contributed by atoms with Crippen LogP contribution < -0.4 is 10.6 Å². The van der Waals surface area contributed by atoms with Crippen molar-refractivity contribution in [3.8, 4) is 0 Å². The van der Waals surface area contributed by atoms with E-state index in [-0.39, 0.29) is 11.7 Å². The first-order valence-electron chi connectivity index (χ1n) is 9.98. The number of aromatic nitrogens is 2. The molecule has 0 spiro atoms. The van der Waals surface area contributed by atoms with E-state index in [1.165, 1.54) is 24.5 Å². The zero-order valence-electron chi connectivity index (χ0n) is 18.4. The molecule has 0 saturated heterocycles. The van der Waals surface area contributed by atoms with Crippen LogP contribution in [0.25, 0.3) is 11.0 Å². The van der Waals surface area contributed by atoms with E-state index in [1.807, 2.05) is 20.8 Å². The van der Waals surface area contributed by atoms with E-state index in [4.69, 9.17) is 9.15 Å². The second kappa shape index (κ2) is 8.41. The van der Waals surface area contributed by atoms with E-state index in [1.54, 1.807) is 26.8 Å². The molecule has 2 amide bonds. The van der Waals surface area contributed by atoms with Crippen molar-refractivity contribution in [1.29, 1.82) is 0 Å². The smallest absolute Gasteiger partial charge is 0.435 e. The SMILES string of the molecule is Cc1c(C(NC(=O)Nc2cnn(C(=O)OC(C)(C)C)c2)C(C)C)oc2ccc(F)cc12. The number of ether oxygens (including phenoxy) is 1. The molecule has 0 fully saturated rings. The molecule has 2 aromatic heterocycles. The van der Waals surface area contributed by atoms with Crippen molar-refractivity contribution in [3.05, 3.63) is 47.7 Å². The van der Waals surface area contributed by atoms with Gasteiger partial charge in [-0.25, -0.2) is 14.0 Å². The van der Waals surface area contributed by atoms with Gasteiger partial charge in [-0.3, -0.25) is 0 Å². The Balaban J connectivity index is 1.74. The molecule has 9 heteroatoms. The van der Waals surface area contributed by atoms with Crippen LogP contribution in [0, 0.1) is 18.7 Å². The van der Waals surface area contributed by atoms with Crippen molar-refractivity contribution < 1.29 is 23.1 Å². The van der Waals surface area contributed by atoms with Gasteiger partial charge >= 0.3 is 12.1 Å². The van der Waals surface area contributed by atoms with Crippen LogP contribution in [0.1, 0.15) is 52.0 Å². The van der Waals surface area contributed by atoms with Crippen LogP contribution in [-0.2, 0) is 4.74 Å². The number of halogens is 1. The Labute approximate surface area is 179 Å². The monoisotopic (exact) mass is 430 g/mol. The van der Waals surface area contributed by atoms with Crippen LogP contribution in [0.15, 0.2) is 35.0 Å². The van der Waals surface area contributed by atoms with Gasteiger partial charge in [-0.15, -0.1) is 0 Å². The quantitative estimate of drug-likeness (QED) is 0.579. The highest BCUT2D eigenvalue weighted by Crippen LogP contribution is 2.33. The van der Waals surface area contributed by atoms with Crippen LogP contribution in [0.2, 0.25) is 0 Å². The van der Waals surface area contributed by atoms with Crippen molar-refractivity contribution in [2.24, 2.45) is 5.92 Å². The number of anilines is 1. The van der Waals surface area contributed by atoms with Crippen LogP contribution in [0.3, 0.4) is 0 Å². The van der Waals surface area contributed by atoms with E-state index in [2.05, 4.69) is 15.7 Å². The highest BCUT2D eigenvalue weighted by atomic mass is 19.1. The van der Waals surface area contributed by atoms with E-state index in [0.29, 0.717) is 22.4 Å². The lowest BCUT2D eigenvalue weighted by Crippen LogP contribution is -2.35. The van der Waals surface area contributed by atoms with Crippen molar-refractivity contribution in [3.63, 3.8) is 0 Å². The summed E-state index contributed by atoms with van der Waals surface area (Å²) in [5.74, 6) is 0.214. The number of amides is 2. The third-order valence-electron chi connectivity index (χ3n) is 4.59. The van der Waals surface area contributed by atoms with Crippen molar-refractivity contribution in [2.75, 3.05) is 5.32 Å². The first-order chi connectivity index (χ1) is 14.4. The molecule has 0 radical (unpaired) electrons. The molecule has 0 bridgehead atoms. The van der Waals surface area contributed by atoms with Crippen LogP contribution in [0.4, 0.5) is 19.7 Å². The first-order valence-corrected chi connectivity index (χ1v) is 9.98. The molecule has 8 nitrogen and oxygen atoms in total. The molecule has 0 aliphatic rings. The van der Waals surface area contributed by atoms with Crippen LogP contribution in [-0.4, -0.2) is 27.5 Å². The minimum atomic E-state index is -0.661. The van der Waals surface area contributed by atoms with Crippen LogP contribution in [0.5, 0.6) is 0 Å². The van der Waals surface area contributed by atoms with Gasteiger partial charge < -0.3 is 19.8 Å². The number of carbonyl (C=O) groups excluding carboxylic acids is 2. The Morgan fingerprint density at radius 3 is 2.61 bits per heavy atom. The van der Waals surface area contributed by atoms with Gasteiger partial charge in [0.15, 0.2) is 0 Å². The van der Waals surface area contributed by atoms with Crippen molar-refractivity contribution in [2.45, 2.75) is 53.2 Å². The summed E-state index contributed by atoms with van der Waals surface area (Å²) in [5, 5.41) is 10.1. The van der Waals surface area contributed by atoms with Gasteiger partial charge in [0.25, 0.3) is 0 Å². The third-order valence-corrected chi connectivity index (χ3v) is 4.59. The van der Waals surface area contributed by atoms with Gasteiger partial charge in [0.05, 0.1) is 24.1 Å². The maximum Gasteiger partial charge on any atom is 0.435 e. The van der Waals surface area contributed by atoms with Gasteiger partial charge in [-0.2, -0.15) is 9.78 Å². The number of nitrogens with one attached hydrogen (secondary N) is 2. The maximum absolute atomic E-state index is 13.6. The van der Waals surface area contributed by atoms with E-state index in [9.17, 15) is 14.0 Å². The number of carbonyl (C=O) groups is 2. The summed E-state index contributed by atoms with van der Waals surface area (Å²) < 4.78 is 25.8. The van der Waals surface area contributed by atoms with Gasteiger partial charge in [-0.05, 0) is 51.8 Å². The summed E-state index contributed by atoms with van der Waals surface area (Å²) >= 11 is 0. The second-order valence-electron chi connectivity index (χ2n) is 8.71. The molecule has 1 unspecified atom stereocenters. The molecule has 0 saturated carbocycles. The molecular weight excluding hydrogens is 403 g/mol. The molecule has 31 heavy (non-hydrogen) atoms. The van der Waals surface area contributed by atoms with Crippen LogP contribution >= 0.6 is 0 Å².